The summed E-state index contributed by atoms with van der Waals surface area (Å²) in [5.41, 5.74) is 0.346. The molecule has 0 aliphatic carbocycles. The number of nitrogens with one attached hydrogen (secondary N) is 2. The summed E-state index contributed by atoms with van der Waals surface area (Å²) in [6.07, 6.45) is -3.33. The summed E-state index contributed by atoms with van der Waals surface area (Å²) in [5.74, 6) is 0. The molecule has 4 atom stereocenters. The minimum Gasteiger partial charge on any atom is -0.425 e. The number of hydrogen-bond acceptors (Lipinski definition) is 8. The number of hydrogen-bond donors (Lipinski definition) is 6. The van der Waals surface area contributed by atoms with E-state index in [2.05, 4.69) is 15.2 Å². The lowest BCUT2D eigenvalue weighted by Gasteiger charge is -2.12. The van der Waals surface area contributed by atoms with Crippen LogP contribution in [-0.2, 0) is 4.74 Å². The lowest BCUT2D eigenvalue weighted by Crippen LogP contribution is -2.32. The monoisotopic (exact) mass is 283 g/mol. The molecule has 1 aliphatic heterocycles. The smallest absolute Gasteiger partial charge is 0.192 e. The molecular formula is C10H13N5O5. The zero-order valence-corrected chi connectivity index (χ0v) is 10.1. The van der Waals surface area contributed by atoms with Crippen LogP contribution in [0.15, 0.2) is 6.33 Å². The Morgan fingerprint density at radius 3 is 2.75 bits per heavy atom. The van der Waals surface area contributed by atoms with Crippen molar-refractivity contribution in [3.63, 3.8) is 0 Å². The standard InChI is InChI=1S/C10H13N5O5/c11-10-6-4(12-2-15(10)19)5(13-14-6)9-8(18)7(17)3(1-16)20-9/h2-3,7-9,11,16-19H,1H2,(H,13,14)/t3-,7+,8-,9-/m0/s1. The van der Waals surface area contributed by atoms with Gasteiger partial charge >= 0.3 is 0 Å². The first kappa shape index (κ1) is 13.0. The van der Waals surface area contributed by atoms with Crippen LogP contribution in [0.25, 0.3) is 11.0 Å². The van der Waals surface area contributed by atoms with Gasteiger partial charge in [0.25, 0.3) is 0 Å². The third-order valence-corrected chi connectivity index (χ3v) is 3.34. The van der Waals surface area contributed by atoms with E-state index in [-0.39, 0.29) is 22.2 Å². The second-order valence-electron chi connectivity index (χ2n) is 4.53. The molecule has 0 bridgehead atoms. The van der Waals surface area contributed by atoms with Crippen LogP contribution in [0.5, 0.6) is 0 Å². The first-order valence-electron chi connectivity index (χ1n) is 5.86. The molecule has 0 radical (unpaired) electrons. The maximum atomic E-state index is 9.95. The van der Waals surface area contributed by atoms with Crippen LogP contribution in [-0.4, -0.2) is 65.4 Å². The summed E-state index contributed by atoms with van der Waals surface area (Å²) < 4.78 is 5.87. The van der Waals surface area contributed by atoms with Crippen molar-refractivity contribution in [1.29, 1.82) is 5.41 Å². The van der Waals surface area contributed by atoms with Crippen LogP contribution in [0.4, 0.5) is 0 Å². The Balaban J connectivity index is 2.08. The molecule has 0 saturated carbocycles. The quantitative estimate of drug-likeness (QED) is 0.336. The Morgan fingerprint density at radius 1 is 1.35 bits per heavy atom. The third kappa shape index (κ3) is 1.70. The lowest BCUT2D eigenvalue weighted by molar-refractivity contribution is -0.0236. The number of nitrogens with zero attached hydrogens (tertiary/aromatic N) is 3. The van der Waals surface area contributed by atoms with Gasteiger partial charge in [-0.05, 0) is 0 Å². The number of fused-ring (bicyclic) bond motifs is 1. The minimum absolute atomic E-state index is 0.0998. The van der Waals surface area contributed by atoms with Crippen molar-refractivity contribution >= 4 is 11.0 Å². The van der Waals surface area contributed by atoms with Gasteiger partial charge in [-0.15, -0.1) is 0 Å². The van der Waals surface area contributed by atoms with Crippen LogP contribution in [0, 0.1) is 5.41 Å². The number of aromatic nitrogens is 4. The van der Waals surface area contributed by atoms with Crippen LogP contribution in [0.1, 0.15) is 11.8 Å². The predicted octanol–water partition coefficient (Wildman–Crippen LogP) is -2.37. The molecule has 1 aliphatic rings. The number of aromatic amines is 1. The van der Waals surface area contributed by atoms with Gasteiger partial charge in [-0.3, -0.25) is 10.5 Å². The average molecular weight is 283 g/mol. The summed E-state index contributed by atoms with van der Waals surface area (Å²) in [4.78, 5) is 3.92. The van der Waals surface area contributed by atoms with Crippen molar-refractivity contribution < 1.29 is 25.3 Å². The molecule has 108 valence electrons. The molecule has 3 heterocycles. The fourth-order valence-electron chi connectivity index (χ4n) is 2.26. The average Bonchev–Trinajstić information content (AvgIpc) is 2.98. The van der Waals surface area contributed by atoms with E-state index in [1.165, 1.54) is 0 Å². The molecule has 20 heavy (non-hydrogen) atoms. The third-order valence-electron chi connectivity index (χ3n) is 3.34. The van der Waals surface area contributed by atoms with Gasteiger partial charge in [-0.2, -0.15) is 9.83 Å². The van der Waals surface area contributed by atoms with Gasteiger partial charge in [0.15, 0.2) is 11.0 Å². The highest BCUT2D eigenvalue weighted by molar-refractivity contribution is 5.75. The van der Waals surface area contributed by atoms with E-state index < -0.39 is 31.0 Å². The van der Waals surface area contributed by atoms with Gasteiger partial charge < -0.3 is 25.3 Å². The summed E-state index contributed by atoms with van der Waals surface area (Å²) in [7, 11) is 0. The van der Waals surface area contributed by atoms with E-state index in [0.29, 0.717) is 4.73 Å². The summed E-state index contributed by atoms with van der Waals surface area (Å²) in [6.45, 7) is -0.436. The highest BCUT2D eigenvalue weighted by Crippen LogP contribution is 2.34. The predicted molar refractivity (Wildman–Crippen MR) is 61.6 cm³/mol. The van der Waals surface area contributed by atoms with Crippen molar-refractivity contribution in [1.82, 2.24) is 19.9 Å². The number of aliphatic hydroxyl groups is 3. The van der Waals surface area contributed by atoms with E-state index in [1.807, 2.05) is 0 Å². The molecule has 0 amide bonds. The van der Waals surface area contributed by atoms with E-state index in [4.69, 9.17) is 15.3 Å². The Bertz CT molecular complexity index is 697. The number of H-pyrrole nitrogens is 1. The van der Waals surface area contributed by atoms with Crippen molar-refractivity contribution in [2.75, 3.05) is 6.61 Å². The van der Waals surface area contributed by atoms with E-state index >= 15 is 0 Å². The molecule has 0 unspecified atom stereocenters. The van der Waals surface area contributed by atoms with Crippen molar-refractivity contribution in [2.45, 2.75) is 24.4 Å². The topological polar surface area (TPSA) is 161 Å². The highest BCUT2D eigenvalue weighted by Gasteiger charge is 2.44. The number of ether oxygens (including phenoxy) is 1. The Labute approximate surface area is 111 Å². The maximum absolute atomic E-state index is 9.95. The Kier molecular flexibility index (Phi) is 2.94. The zero-order chi connectivity index (χ0) is 14.4. The van der Waals surface area contributed by atoms with Crippen LogP contribution < -0.4 is 5.49 Å². The maximum Gasteiger partial charge on any atom is 0.192 e. The Morgan fingerprint density at radius 2 is 2.10 bits per heavy atom. The molecule has 1 fully saturated rings. The molecule has 10 heteroatoms. The molecule has 6 N–H and O–H groups in total. The largest absolute Gasteiger partial charge is 0.425 e. The molecular weight excluding hydrogens is 270 g/mol. The second-order valence-corrected chi connectivity index (χ2v) is 4.53. The molecule has 1 saturated heterocycles. The van der Waals surface area contributed by atoms with Gasteiger partial charge in [0.1, 0.15) is 36.3 Å². The fraction of sp³-hybridized carbons (Fsp3) is 0.500. The van der Waals surface area contributed by atoms with Crippen molar-refractivity contribution in [3.05, 3.63) is 17.5 Å². The number of rotatable bonds is 2. The van der Waals surface area contributed by atoms with Crippen LogP contribution >= 0.6 is 0 Å². The summed E-state index contributed by atoms with van der Waals surface area (Å²) in [5, 5.41) is 52.1. The van der Waals surface area contributed by atoms with Gasteiger partial charge in [0, 0.05) is 0 Å². The van der Waals surface area contributed by atoms with Crippen LogP contribution in [0.3, 0.4) is 0 Å². The molecule has 2 aromatic heterocycles. The molecule has 10 nitrogen and oxygen atoms in total. The first-order valence-corrected chi connectivity index (χ1v) is 5.86. The molecule has 0 aromatic carbocycles. The summed E-state index contributed by atoms with van der Waals surface area (Å²) in [6, 6.07) is 0. The Hall–Kier alpha value is -2.01. The van der Waals surface area contributed by atoms with Gasteiger partial charge in [-0.1, -0.05) is 0 Å². The van der Waals surface area contributed by atoms with Gasteiger partial charge in [0.2, 0.25) is 0 Å². The SMILES string of the molecule is N=c1c2n[nH]c([C@@H]3O[C@@H](CO)[C@@H](O)[C@@H]3O)c2ncn1O. The number of aliphatic hydroxyl groups excluding tert-OH is 3. The molecule has 3 rings (SSSR count). The fourth-order valence-corrected chi connectivity index (χ4v) is 2.26. The van der Waals surface area contributed by atoms with Gasteiger partial charge in [-0.25, -0.2) is 4.98 Å². The van der Waals surface area contributed by atoms with Gasteiger partial charge in [0.05, 0.1) is 12.3 Å². The lowest BCUT2D eigenvalue weighted by atomic mass is 10.1. The van der Waals surface area contributed by atoms with Crippen molar-refractivity contribution in [2.24, 2.45) is 0 Å². The highest BCUT2D eigenvalue weighted by atomic mass is 16.6. The summed E-state index contributed by atoms with van der Waals surface area (Å²) >= 11 is 0. The van der Waals surface area contributed by atoms with E-state index in [9.17, 15) is 15.4 Å². The van der Waals surface area contributed by atoms with Crippen LogP contribution in [0.2, 0.25) is 0 Å². The van der Waals surface area contributed by atoms with E-state index in [0.717, 1.165) is 6.33 Å². The normalized spacial score (nSPS) is 30.1. The first-order chi connectivity index (χ1) is 9.54. The van der Waals surface area contributed by atoms with E-state index in [1.54, 1.807) is 0 Å². The van der Waals surface area contributed by atoms with Crippen molar-refractivity contribution in [3.8, 4) is 0 Å². The zero-order valence-electron chi connectivity index (χ0n) is 10.1. The second kappa shape index (κ2) is 4.52. The minimum atomic E-state index is -1.26. The molecule has 0 spiro atoms. The molecule has 2 aromatic rings.